The number of allylic oxidation sites excluding steroid dienone is 1. The Balaban J connectivity index is 1.54. The molecule has 3 fully saturated rings. The highest BCUT2D eigenvalue weighted by atomic mass is 16.8. The van der Waals surface area contributed by atoms with Gasteiger partial charge in [0, 0.05) is 19.8 Å². The van der Waals surface area contributed by atoms with Crippen LogP contribution in [0.25, 0.3) is 0 Å². The van der Waals surface area contributed by atoms with E-state index in [9.17, 15) is 75.7 Å². The second-order valence-corrected chi connectivity index (χ2v) is 28.6. The van der Waals surface area contributed by atoms with E-state index in [1.807, 2.05) is 6.08 Å². The van der Waals surface area contributed by atoms with Gasteiger partial charge in [0.2, 0.25) is 11.8 Å². The van der Waals surface area contributed by atoms with E-state index in [1.165, 1.54) is 218 Å². The first kappa shape index (κ1) is 89.7. The van der Waals surface area contributed by atoms with Crippen LogP contribution in [-0.4, -0.2) is 215 Å². The highest BCUT2D eigenvalue weighted by molar-refractivity contribution is 5.77. The summed E-state index contributed by atoms with van der Waals surface area (Å²) in [5.74, 6) is -6.13. The van der Waals surface area contributed by atoms with Gasteiger partial charge in [-0.3, -0.25) is 9.59 Å². The molecule has 2 amide bonds. The summed E-state index contributed by atoms with van der Waals surface area (Å²) in [4.78, 5) is 38.6. The van der Waals surface area contributed by atoms with Crippen LogP contribution in [0, 0.1) is 0 Å². The van der Waals surface area contributed by atoms with Gasteiger partial charge in [0.05, 0.1) is 50.7 Å². The number of carbonyl (C=O) groups is 3. The molecule has 0 bridgehead atoms. The summed E-state index contributed by atoms with van der Waals surface area (Å²) in [6.07, 6.45) is 28.2. The van der Waals surface area contributed by atoms with Crippen molar-refractivity contribution in [3.63, 3.8) is 0 Å². The van der Waals surface area contributed by atoms with E-state index in [2.05, 4.69) is 24.5 Å². The Morgan fingerprint density at radius 2 is 0.949 bits per heavy atom. The van der Waals surface area contributed by atoms with Gasteiger partial charge in [0.1, 0.15) is 67.1 Å². The predicted molar refractivity (Wildman–Crippen MR) is 375 cm³/mol. The standard InChI is InChI=1S/C75H140N2O21/c1-4-6-8-10-12-14-16-18-20-22-24-25-26-27-28-29-31-32-34-36-38-40-42-44-46-48-57(82)56(77-62(85)49-47-45-43-41-39-37-35-33-30-23-21-19-17-15-13-11-9-7-5-2)54-93-72-67(89)66(88)69(61(53-80)95-72)96-73-68(90)71(65(87)60(52-79)94-73)98-75(74(91)92)50-58(83)63(76-55(3)81)70(97-75)64(86)59(84)51-78/h46,48,56-61,63-73,78-80,82-84,86-90H,4-45,47,49-54H2,1-3H3,(H,76,81)(H,77,85)(H,91,92)/b48-46+. The van der Waals surface area contributed by atoms with Crippen molar-refractivity contribution < 1.29 is 104 Å². The number of carboxylic acids is 1. The third kappa shape index (κ3) is 35.8. The molecule has 3 aliphatic heterocycles. The minimum absolute atomic E-state index is 0.205. The molecule has 3 heterocycles. The van der Waals surface area contributed by atoms with E-state index in [4.69, 9.17) is 28.4 Å². The Hall–Kier alpha value is -2.53. The van der Waals surface area contributed by atoms with Crippen LogP contribution in [0.4, 0.5) is 0 Å². The molecule has 0 aromatic carbocycles. The Bertz CT molecular complexity index is 2010. The maximum atomic E-state index is 13.5. The summed E-state index contributed by atoms with van der Waals surface area (Å²) in [7, 11) is 0. The molecule has 3 rings (SSSR count). The monoisotopic (exact) mass is 1400 g/mol. The molecule has 18 unspecified atom stereocenters. The number of hydrogen-bond donors (Lipinski definition) is 14. The van der Waals surface area contributed by atoms with E-state index in [0.29, 0.717) is 12.8 Å². The summed E-state index contributed by atoms with van der Waals surface area (Å²) in [5.41, 5.74) is 0. The molecule has 3 aliphatic rings. The minimum Gasteiger partial charge on any atom is -0.477 e. The van der Waals surface area contributed by atoms with Gasteiger partial charge in [-0.1, -0.05) is 283 Å². The molecule has 0 spiro atoms. The summed E-state index contributed by atoms with van der Waals surface area (Å²) in [5, 5.41) is 136. The third-order valence-corrected chi connectivity index (χ3v) is 20.0. The molecule has 0 saturated carbocycles. The number of nitrogens with one attached hydrogen (secondary N) is 2. The molecule has 0 aliphatic carbocycles. The van der Waals surface area contributed by atoms with Crippen LogP contribution in [0.15, 0.2) is 12.2 Å². The average Bonchev–Trinajstić information content (AvgIpc) is 0.756. The van der Waals surface area contributed by atoms with Gasteiger partial charge in [-0.15, -0.1) is 0 Å². The van der Waals surface area contributed by atoms with Gasteiger partial charge in [-0.05, 0) is 19.3 Å². The molecule has 14 N–H and O–H groups in total. The fraction of sp³-hybridized carbons (Fsp3) is 0.933. The van der Waals surface area contributed by atoms with Crippen molar-refractivity contribution in [2.24, 2.45) is 0 Å². The molecule has 0 radical (unpaired) electrons. The lowest BCUT2D eigenvalue weighted by molar-refractivity contribution is -0.386. The summed E-state index contributed by atoms with van der Waals surface area (Å²) >= 11 is 0. The van der Waals surface area contributed by atoms with E-state index in [0.717, 1.165) is 51.9 Å². The Morgan fingerprint density at radius 1 is 0.531 bits per heavy atom. The van der Waals surface area contributed by atoms with Crippen LogP contribution in [0.3, 0.4) is 0 Å². The van der Waals surface area contributed by atoms with Gasteiger partial charge >= 0.3 is 5.97 Å². The second kappa shape index (κ2) is 55.0. The number of carbonyl (C=O) groups excluding carboxylic acids is 2. The van der Waals surface area contributed by atoms with Crippen LogP contribution >= 0.6 is 0 Å². The smallest absolute Gasteiger partial charge is 0.364 e. The number of unbranched alkanes of at least 4 members (excludes halogenated alkanes) is 41. The topological polar surface area (TPSA) is 373 Å². The van der Waals surface area contributed by atoms with Gasteiger partial charge in [-0.2, -0.15) is 0 Å². The number of hydrogen-bond acceptors (Lipinski definition) is 20. The van der Waals surface area contributed by atoms with Crippen molar-refractivity contribution in [1.82, 2.24) is 10.6 Å². The number of carboxylic acid groups (broad SMARTS) is 1. The zero-order chi connectivity index (χ0) is 71.8. The molecule has 3 saturated heterocycles. The van der Waals surface area contributed by atoms with Crippen molar-refractivity contribution in [2.75, 3.05) is 26.4 Å². The summed E-state index contributed by atoms with van der Waals surface area (Å²) < 4.78 is 34.9. The fourth-order valence-electron chi connectivity index (χ4n) is 13.8. The lowest BCUT2D eigenvalue weighted by atomic mass is 9.88. The van der Waals surface area contributed by atoms with Crippen LogP contribution in [0.5, 0.6) is 0 Å². The third-order valence-electron chi connectivity index (χ3n) is 20.0. The van der Waals surface area contributed by atoms with Crippen molar-refractivity contribution in [2.45, 2.75) is 420 Å². The molecule has 576 valence electrons. The van der Waals surface area contributed by atoms with Crippen LogP contribution in [-0.2, 0) is 42.8 Å². The number of aliphatic carboxylic acids is 1. The zero-order valence-corrected chi connectivity index (χ0v) is 60.7. The van der Waals surface area contributed by atoms with Crippen molar-refractivity contribution in [3.05, 3.63) is 12.2 Å². The second-order valence-electron chi connectivity index (χ2n) is 28.6. The number of rotatable bonds is 61. The first-order valence-electron chi connectivity index (χ1n) is 39.1. The highest BCUT2D eigenvalue weighted by Gasteiger charge is 2.60. The number of aliphatic hydroxyl groups is 11. The molecule has 0 aromatic rings. The molecular weight excluding hydrogens is 1260 g/mol. The largest absolute Gasteiger partial charge is 0.477 e. The van der Waals surface area contributed by atoms with Gasteiger partial charge in [-0.25, -0.2) is 4.79 Å². The molecule has 0 aromatic heterocycles. The minimum atomic E-state index is -3.08. The lowest BCUT2D eigenvalue weighted by Gasteiger charge is -2.50. The molecule has 23 nitrogen and oxygen atoms in total. The van der Waals surface area contributed by atoms with Crippen molar-refractivity contribution in [1.29, 1.82) is 0 Å². The van der Waals surface area contributed by atoms with Crippen LogP contribution in [0.2, 0.25) is 0 Å². The maximum Gasteiger partial charge on any atom is 0.364 e. The fourth-order valence-corrected chi connectivity index (χ4v) is 13.8. The molecule has 18 atom stereocenters. The van der Waals surface area contributed by atoms with E-state index >= 15 is 0 Å². The quantitative estimate of drug-likeness (QED) is 0.0199. The molecule has 23 heteroatoms. The van der Waals surface area contributed by atoms with Crippen LogP contribution in [0.1, 0.15) is 310 Å². The van der Waals surface area contributed by atoms with Crippen LogP contribution < -0.4 is 10.6 Å². The molecular formula is C75H140N2O21. The zero-order valence-electron chi connectivity index (χ0n) is 60.7. The van der Waals surface area contributed by atoms with E-state index in [1.54, 1.807) is 6.08 Å². The van der Waals surface area contributed by atoms with E-state index in [-0.39, 0.29) is 12.3 Å². The van der Waals surface area contributed by atoms with Gasteiger partial charge < -0.3 is 100 Å². The number of ether oxygens (including phenoxy) is 6. The first-order valence-corrected chi connectivity index (χ1v) is 39.1. The van der Waals surface area contributed by atoms with E-state index < -0.39 is 155 Å². The van der Waals surface area contributed by atoms with Gasteiger partial charge in [0.25, 0.3) is 5.79 Å². The maximum absolute atomic E-state index is 13.5. The normalized spacial score (nSPS) is 27.3. The number of amides is 2. The van der Waals surface area contributed by atoms with Crippen molar-refractivity contribution in [3.8, 4) is 0 Å². The predicted octanol–water partition coefficient (Wildman–Crippen LogP) is 9.41. The Kier molecular flexibility index (Phi) is 50.4. The van der Waals surface area contributed by atoms with Crippen molar-refractivity contribution >= 4 is 17.8 Å². The number of aliphatic hydroxyl groups excluding tert-OH is 11. The summed E-state index contributed by atoms with van der Waals surface area (Å²) in [6.45, 7) is 2.19. The average molecular weight is 1410 g/mol. The lowest BCUT2D eigenvalue weighted by Crippen LogP contribution is -2.70. The SMILES string of the molecule is CCCCCCCCCCCCCCCCCCCCCCCCC/C=C/C(O)C(COC1OC(CO)C(OC2OC(CO)C(O)C(OC3(C(=O)O)CC(O)C(NC(C)=O)C(C(O)C(O)CO)O3)C2O)C(O)C1O)NC(=O)CCCCCCCCCCCCCCCCCCCCC. The Labute approximate surface area is 588 Å². The highest BCUT2D eigenvalue weighted by Crippen LogP contribution is 2.39. The van der Waals surface area contributed by atoms with Gasteiger partial charge in [0.15, 0.2) is 12.6 Å². The molecule has 98 heavy (non-hydrogen) atoms. The summed E-state index contributed by atoms with van der Waals surface area (Å²) in [6, 6.07) is -2.62. The Morgan fingerprint density at radius 3 is 1.36 bits per heavy atom. The first-order chi connectivity index (χ1) is 47.4.